The monoisotopic (exact) mass is 287 g/mol. The fourth-order valence-electron chi connectivity index (χ4n) is 2.61. The van der Waals surface area contributed by atoms with Gasteiger partial charge in [0.25, 0.3) is 0 Å². The molecule has 0 aliphatic carbocycles. The second kappa shape index (κ2) is 6.02. The summed E-state index contributed by atoms with van der Waals surface area (Å²) in [5.41, 5.74) is 2.21. The van der Waals surface area contributed by atoms with Gasteiger partial charge < -0.3 is 5.32 Å². The predicted octanol–water partition coefficient (Wildman–Crippen LogP) is 3.25. The molecular formula is C16H21N3S. The lowest BCUT2D eigenvalue weighted by atomic mass is 10.1. The fourth-order valence-corrected chi connectivity index (χ4v) is 3.89. The third-order valence-corrected chi connectivity index (χ3v) is 5.31. The Labute approximate surface area is 124 Å². The predicted molar refractivity (Wildman–Crippen MR) is 85.4 cm³/mol. The lowest BCUT2D eigenvalue weighted by Gasteiger charge is -2.22. The van der Waals surface area contributed by atoms with E-state index in [1.54, 1.807) is 0 Å². The summed E-state index contributed by atoms with van der Waals surface area (Å²) >= 11 is 2.09. The Kier molecular flexibility index (Phi) is 4.13. The Morgan fingerprint density at radius 1 is 1.30 bits per heavy atom. The van der Waals surface area contributed by atoms with E-state index in [2.05, 4.69) is 47.3 Å². The van der Waals surface area contributed by atoms with E-state index in [1.807, 2.05) is 29.1 Å². The van der Waals surface area contributed by atoms with Crippen LogP contribution < -0.4 is 5.32 Å². The van der Waals surface area contributed by atoms with Crippen LogP contribution in [0.3, 0.4) is 0 Å². The number of nitrogens with zero attached hydrogens (tertiary/aromatic N) is 2. The van der Waals surface area contributed by atoms with E-state index in [0.717, 1.165) is 24.5 Å². The van der Waals surface area contributed by atoms with E-state index in [9.17, 15) is 0 Å². The molecule has 2 heterocycles. The van der Waals surface area contributed by atoms with Crippen LogP contribution in [0, 0.1) is 0 Å². The van der Waals surface area contributed by atoms with Gasteiger partial charge >= 0.3 is 0 Å². The minimum atomic E-state index is 0.419. The second-order valence-electron chi connectivity index (χ2n) is 5.59. The normalized spacial score (nSPS) is 22.2. The zero-order valence-corrected chi connectivity index (χ0v) is 12.7. The SMILES string of the molecule is CC1(CNCc2ccn(-c3ccccc3)n2)CCCS1. The molecule has 1 fully saturated rings. The highest BCUT2D eigenvalue weighted by Gasteiger charge is 2.28. The van der Waals surface area contributed by atoms with Gasteiger partial charge in [-0.25, -0.2) is 4.68 Å². The molecule has 0 saturated carbocycles. The number of para-hydroxylation sites is 1. The lowest BCUT2D eigenvalue weighted by Crippen LogP contribution is -2.32. The molecule has 1 aliphatic heterocycles. The van der Waals surface area contributed by atoms with E-state index in [-0.39, 0.29) is 0 Å². The molecule has 0 amide bonds. The van der Waals surface area contributed by atoms with Crippen LogP contribution in [0.4, 0.5) is 0 Å². The molecule has 0 bridgehead atoms. The van der Waals surface area contributed by atoms with E-state index in [1.165, 1.54) is 18.6 Å². The van der Waals surface area contributed by atoms with Crippen molar-refractivity contribution in [2.45, 2.75) is 31.1 Å². The maximum atomic E-state index is 4.61. The second-order valence-corrected chi connectivity index (χ2v) is 7.28. The van der Waals surface area contributed by atoms with Crippen LogP contribution >= 0.6 is 11.8 Å². The van der Waals surface area contributed by atoms with Gasteiger partial charge in [0.2, 0.25) is 0 Å². The first kappa shape index (κ1) is 13.7. The summed E-state index contributed by atoms with van der Waals surface area (Å²) < 4.78 is 2.35. The topological polar surface area (TPSA) is 29.9 Å². The van der Waals surface area contributed by atoms with Gasteiger partial charge in [-0.05, 0) is 43.7 Å². The number of thioether (sulfide) groups is 1. The van der Waals surface area contributed by atoms with Crippen LogP contribution in [0.2, 0.25) is 0 Å². The van der Waals surface area contributed by atoms with Crippen LogP contribution in [0.1, 0.15) is 25.5 Å². The van der Waals surface area contributed by atoms with Gasteiger partial charge in [-0.2, -0.15) is 16.9 Å². The number of benzene rings is 1. The maximum absolute atomic E-state index is 4.61. The molecule has 0 spiro atoms. The number of nitrogens with one attached hydrogen (secondary N) is 1. The zero-order chi connectivity index (χ0) is 13.8. The van der Waals surface area contributed by atoms with Crippen LogP contribution in [0.5, 0.6) is 0 Å². The van der Waals surface area contributed by atoms with Crippen molar-refractivity contribution < 1.29 is 0 Å². The highest BCUT2D eigenvalue weighted by Crippen LogP contribution is 2.36. The molecule has 2 aromatic rings. The van der Waals surface area contributed by atoms with Gasteiger partial charge in [0, 0.05) is 24.0 Å². The van der Waals surface area contributed by atoms with Gasteiger partial charge in [0.1, 0.15) is 0 Å². The fraction of sp³-hybridized carbons (Fsp3) is 0.438. The Hall–Kier alpha value is -1.26. The van der Waals surface area contributed by atoms with Gasteiger partial charge in [0.05, 0.1) is 11.4 Å². The standard InChI is InChI=1S/C16H21N3S/c1-16(9-5-11-20-16)13-17-12-14-8-10-19(18-14)15-6-3-2-4-7-15/h2-4,6-8,10,17H,5,9,11-13H2,1H3. The van der Waals surface area contributed by atoms with Crippen molar-refractivity contribution in [2.75, 3.05) is 12.3 Å². The van der Waals surface area contributed by atoms with Crippen LogP contribution in [-0.2, 0) is 6.54 Å². The molecule has 3 rings (SSSR count). The smallest absolute Gasteiger partial charge is 0.0766 e. The average molecular weight is 287 g/mol. The molecule has 1 N–H and O–H groups in total. The van der Waals surface area contributed by atoms with Crippen molar-refractivity contribution in [2.24, 2.45) is 0 Å². The van der Waals surface area contributed by atoms with Crippen LogP contribution in [-0.4, -0.2) is 26.8 Å². The molecule has 106 valence electrons. The summed E-state index contributed by atoms with van der Waals surface area (Å²) in [6.45, 7) is 4.27. The zero-order valence-electron chi connectivity index (χ0n) is 11.9. The molecule has 0 radical (unpaired) electrons. The molecule has 20 heavy (non-hydrogen) atoms. The summed E-state index contributed by atoms with van der Waals surface area (Å²) in [4.78, 5) is 0. The highest BCUT2D eigenvalue weighted by molar-refractivity contribution is 8.00. The van der Waals surface area contributed by atoms with Crippen molar-refractivity contribution in [3.05, 3.63) is 48.3 Å². The molecular weight excluding hydrogens is 266 g/mol. The molecule has 1 unspecified atom stereocenters. The van der Waals surface area contributed by atoms with E-state index in [4.69, 9.17) is 0 Å². The van der Waals surface area contributed by atoms with Crippen molar-refractivity contribution in [1.29, 1.82) is 0 Å². The quantitative estimate of drug-likeness (QED) is 0.915. The molecule has 1 aromatic heterocycles. The molecule has 1 aliphatic rings. The summed E-state index contributed by atoms with van der Waals surface area (Å²) in [7, 11) is 0. The summed E-state index contributed by atoms with van der Waals surface area (Å²) in [5.74, 6) is 1.31. The Bertz CT molecular complexity index is 544. The van der Waals surface area contributed by atoms with E-state index >= 15 is 0 Å². The van der Waals surface area contributed by atoms with Crippen molar-refractivity contribution in [3.63, 3.8) is 0 Å². The van der Waals surface area contributed by atoms with E-state index < -0.39 is 0 Å². The Balaban J connectivity index is 1.55. The molecule has 1 saturated heterocycles. The largest absolute Gasteiger partial charge is 0.310 e. The van der Waals surface area contributed by atoms with Gasteiger partial charge in [-0.15, -0.1) is 0 Å². The molecule has 1 aromatic carbocycles. The number of hydrogen-bond acceptors (Lipinski definition) is 3. The first-order valence-electron chi connectivity index (χ1n) is 7.20. The number of hydrogen-bond donors (Lipinski definition) is 1. The summed E-state index contributed by atoms with van der Waals surface area (Å²) in [5, 5.41) is 8.17. The van der Waals surface area contributed by atoms with Gasteiger partial charge in [-0.3, -0.25) is 0 Å². The van der Waals surface area contributed by atoms with Crippen LogP contribution in [0.25, 0.3) is 5.69 Å². The Morgan fingerprint density at radius 2 is 2.15 bits per heavy atom. The third kappa shape index (κ3) is 3.25. The number of rotatable bonds is 5. The summed E-state index contributed by atoms with van der Waals surface area (Å²) in [6.07, 6.45) is 4.70. The molecule has 1 atom stereocenters. The van der Waals surface area contributed by atoms with Crippen molar-refractivity contribution >= 4 is 11.8 Å². The minimum absolute atomic E-state index is 0.419. The molecule has 3 nitrogen and oxygen atoms in total. The first-order valence-corrected chi connectivity index (χ1v) is 8.18. The minimum Gasteiger partial charge on any atom is -0.310 e. The Morgan fingerprint density at radius 3 is 2.90 bits per heavy atom. The molecule has 4 heteroatoms. The maximum Gasteiger partial charge on any atom is 0.0766 e. The van der Waals surface area contributed by atoms with E-state index in [0.29, 0.717) is 4.75 Å². The lowest BCUT2D eigenvalue weighted by molar-refractivity contribution is 0.532. The summed E-state index contributed by atoms with van der Waals surface area (Å²) in [6, 6.07) is 12.3. The third-order valence-electron chi connectivity index (χ3n) is 3.77. The first-order chi connectivity index (χ1) is 9.75. The van der Waals surface area contributed by atoms with Crippen LogP contribution in [0.15, 0.2) is 42.6 Å². The van der Waals surface area contributed by atoms with Crippen molar-refractivity contribution in [3.8, 4) is 5.69 Å². The average Bonchev–Trinajstić information content (AvgIpc) is 3.10. The van der Waals surface area contributed by atoms with Gasteiger partial charge in [-0.1, -0.05) is 18.2 Å². The van der Waals surface area contributed by atoms with Crippen molar-refractivity contribution in [1.82, 2.24) is 15.1 Å². The van der Waals surface area contributed by atoms with Gasteiger partial charge in [0.15, 0.2) is 0 Å². The number of aromatic nitrogens is 2. The highest BCUT2D eigenvalue weighted by atomic mass is 32.2.